The lowest BCUT2D eigenvalue weighted by Gasteiger charge is -2.35. The third-order valence-corrected chi connectivity index (χ3v) is 7.07. The van der Waals surface area contributed by atoms with E-state index in [1.54, 1.807) is 0 Å². The smallest absolute Gasteiger partial charge is 0.162 e. The van der Waals surface area contributed by atoms with E-state index < -0.39 is 17.2 Å². The Morgan fingerprint density at radius 2 is 1.94 bits per heavy atom. The van der Waals surface area contributed by atoms with Gasteiger partial charge in [0.15, 0.2) is 5.82 Å². The van der Waals surface area contributed by atoms with Crippen molar-refractivity contribution in [1.82, 2.24) is 19.7 Å². The summed E-state index contributed by atoms with van der Waals surface area (Å²) in [6, 6.07) is 4.39. The number of nitrogens with zero attached hydrogens (tertiary/aromatic N) is 3. The number of hydrogen-bond acceptors (Lipinski definition) is 3. The summed E-state index contributed by atoms with van der Waals surface area (Å²) in [6.07, 6.45) is 4.62. The van der Waals surface area contributed by atoms with E-state index in [0.717, 1.165) is 56.6 Å². The first-order valence-electron chi connectivity index (χ1n) is 10.8. The first-order valence-corrected chi connectivity index (χ1v) is 11.8. The number of halogens is 3. The molecule has 2 aromatic carbocycles. The van der Waals surface area contributed by atoms with Gasteiger partial charge in [-0.2, -0.15) is 0 Å². The zero-order chi connectivity index (χ0) is 22.8. The first-order chi connectivity index (χ1) is 15.2. The summed E-state index contributed by atoms with van der Waals surface area (Å²) in [5, 5.41) is 13.1. The fourth-order valence-corrected chi connectivity index (χ4v) is 5.27. The Morgan fingerprint density at radius 3 is 2.69 bits per heavy atom. The van der Waals surface area contributed by atoms with Gasteiger partial charge in [-0.05, 0) is 73.5 Å². The topological polar surface area (TPSA) is 58.5 Å². The Hall–Kier alpha value is -2.49. The molecule has 0 aliphatic carbocycles. The van der Waals surface area contributed by atoms with Crippen molar-refractivity contribution in [3.05, 3.63) is 56.8 Å². The van der Waals surface area contributed by atoms with Gasteiger partial charge in [-0.3, -0.25) is 4.57 Å². The highest BCUT2D eigenvalue weighted by atomic mass is 127. The summed E-state index contributed by atoms with van der Waals surface area (Å²) < 4.78 is 33.1. The van der Waals surface area contributed by atoms with Crippen molar-refractivity contribution in [2.45, 2.75) is 52.5 Å². The molecule has 8 heteroatoms. The maximum atomic E-state index is 15.6. The van der Waals surface area contributed by atoms with Crippen molar-refractivity contribution in [3.8, 4) is 16.8 Å². The molecule has 5 nitrogen and oxygen atoms in total. The van der Waals surface area contributed by atoms with Gasteiger partial charge in [-0.1, -0.05) is 13.3 Å². The average Bonchev–Trinajstić information content (AvgIpc) is 3.30. The van der Waals surface area contributed by atoms with Gasteiger partial charge in [-0.25, -0.2) is 8.78 Å². The highest BCUT2D eigenvalue weighted by Crippen LogP contribution is 2.44. The monoisotopic (exact) mass is 547 g/mol. The molecule has 5 rings (SSSR count). The average molecular weight is 547 g/mol. The van der Waals surface area contributed by atoms with Crippen LogP contribution >= 0.6 is 22.6 Å². The number of aromatic amines is 1. The molecule has 0 radical (unpaired) electrons. The third-order valence-electron chi connectivity index (χ3n) is 6.18. The van der Waals surface area contributed by atoms with E-state index in [1.807, 2.05) is 27.0 Å². The Kier molecular flexibility index (Phi) is 5.03. The summed E-state index contributed by atoms with van der Waals surface area (Å²) in [5.74, 6) is 0.856. The van der Waals surface area contributed by atoms with Gasteiger partial charge in [0.2, 0.25) is 0 Å². The molecule has 0 saturated heterocycles. The van der Waals surface area contributed by atoms with Crippen LogP contribution in [0.2, 0.25) is 0 Å². The lowest BCUT2D eigenvalue weighted by Crippen LogP contribution is -2.36. The van der Waals surface area contributed by atoms with E-state index >= 15 is 4.39 Å². The second kappa shape index (κ2) is 7.54. The summed E-state index contributed by atoms with van der Waals surface area (Å²) in [7, 11) is 0. The molecule has 0 spiro atoms. The van der Waals surface area contributed by atoms with E-state index in [0.29, 0.717) is 16.8 Å². The lowest BCUT2D eigenvalue weighted by molar-refractivity contribution is 0.530. The number of nitrogens with one attached hydrogen (secondary N) is 2. The Balaban J connectivity index is 1.82. The van der Waals surface area contributed by atoms with Crippen molar-refractivity contribution in [3.63, 3.8) is 0 Å². The minimum absolute atomic E-state index is 0.383. The van der Waals surface area contributed by atoms with E-state index in [1.165, 1.54) is 18.2 Å². The standard InChI is InChI=1S/C24H24F2IN5/c1-5-6-7-19-30-31-23-24(3,4)29-18-10-16(26)20(12(2)22(18)32(19)23)15-9-13(25)8-14-17(27)11-28-21(14)15/h8-11,28-29H,5-7H2,1-4H3. The van der Waals surface area contributed by atoms with Crippen LogP contribution in [-0.4, -0.2) is 19.7 Å². The van der Waals surface area contributed by atoms with E-state index in [2.05, 4.69) is 54.6 Å². The van der Waals surface area contributed by atoms with Crippen molar-refractivity contribution >= 4 is 39.2 Å². The molecular formula is C24H24F2IN5. The zero-order valence-corrected chi connectivity index (χ0v) is 20.6. The van der Waals surface area contributed by atoms with Gasteiger partial charge in [0.25, 0.3) is 0 Å². The molecule has 1 aliphatic rings. The molecule has 0 saturated carbocycles. The van der Waals surface area contributed by atoms with Crippen LogP contribution in [0.15, 0.2) is 24.4 Å². The van der Waals surface area contributed by atoms with Gasteiger partial charge in [0, 0.05) is 32.7 Å². The summed E-state index contributed by atoms with van der Waals surface area (Å²) in [5.41, 5.74) is 3.34. The van der Waals surface area contributed by atoms with E-state index in [4.69, 9.17) is 0 Å². The van der Waals surface area contributed by atoms with Gasteiger partial charge >= 0.3 is 0 Å². The number of fused-ring (bicyclic) bond motifs is 4. The summed E-state index contributed by atoms with van der Waals surface area (Å²) in [4.78, 5) is 3.20. The van der Waals surface area contributed by atoms with E-state index in [9.17, 15) is 4.39 Å². The van der Waals surface area contributed by atoms with Crippen molar-refractivity contribution in [2.24, 2.45) is 0 Å². The van der Waals surface area contributed by atoms with Gasteiger partial charge in [-0.15, -0.1) is 10.2 Å². The molecule has 0 unspecified atom stereocenters. The normalized spacial score (nSPS) is 14.3. The largest absolute Gasteiger partial charge is 0.371 e. The number of H-pyrrole nitrogens is 1. The summed E-state index contributed by atoms with van der Waals surface area (Å²) >= 11 is 2.16. The fourth-order valence-electron chi connectivity index (χ4n) is 4.69. The van der Waals surface area contributed by atoms with Crippen LogP contribution in [0.3, 0.4) is 0 Å². The quantitative estimate of drug-likeness (QED) is 0.283. The van der Waals surface area contributed by atoms with E-state index in [-0.39, 0.29) is 0 Å². The zero-order valence-electron chi connectivity index (χ0n) is 18.4. The molecule has 2 aromatic heterocycles. The number of benzene rings is 2. The van der Waals surface area contributed by atoms with Crippen LogP contribution < -0.4 is 5.32 Å². The number of hydrogen-bond donors (Lipinski definition) is 2. The lowest BCUT2D eigenvalue weighted by atomic mass is 9.92. The van der Waals surface area contributed by atoms with Crippen molar-refractivity contribution < 1.29 is 8.78 Å². The fraction of sp³-hybridized carbons (Fsp3) is 0.333. The number of anilines is 1. The second-order valence-electron chi connectivity index (χ2n) is 8.90. The van der Waals surface area contributed by atoms with Gasteiger partial charge < -0.3 is 10.3 Å². The van der Waals surface area contributed by atoms with Crippen LogP contribution in [0, 0.1) is 22.1 Å². The molecule has 4 aromatic rings. The summed E-state index contributed by atoms with van der Waals surface area (Å²) in [6.45, 7) is 8.05. The minimum atomic E-state index is -0.507. The first kappa shape index (κ1) is 21.4. The molecule has 1 aliphatic heterocycles. The van der Waals surface area contributed by atoms with Crippen molar-refractivity contribution in [1.29, 1.82) is 0 Å². The predicted molar refractivity (Wildman–Crippen MR) is 131 cm³/mol. The molecule has 0 bridgehead atoms. The Morgan fingerprint density at radius 1 is 1.16 bits per heavy atom. The van der Waals surface area contributed by atoms with Gasteiger partial charge in [0.1, 0.15) is 17.5 Å². The highest BCUT2D eigenvalue weighted by Gasteiger charge is 2.37. The highest BCUT2D eigenvalue weighted by molar-refractivity contribution is 14.1. The van der Waals surface area contributed by atoms with Crippen LogP contribution in [0.1, 0.15) is 50.8 Å². The van der Waals surface area contributed by atoms with Crippen LogP contribution in [-0.2, 0) is 12.0 Å². The number of aromatic nitrogens is 4. The molecule has 0 atom stereocenters. The Labute approximate surface area is 198 Å². The third kappa shape index (κ3) is 3.14. The maximum absolute atomic E-state index is 15.6. The number of rotatable bonds is 4. The molecule has 0 amide bonds. The minimum Gasteiger partial charge on any atom is -0.371 e. The molecule has 32 heavy (non-hydrogen) atoms. The molecule has 166 valence electrons. The van der Waals surface area contributed by atoms with Crippen molar-refractivity contribution in [2.75, 3.05) is 5.32 Å². The van der Waals surface area contributed by atoms with Crippen LogP contribution in [0.4, 0.5) is 14.5 Å². The second-order valence-corrected chi connectivity index (χ2v) is 10.1. The maximum Gasteiger partial charge on any atom is 0.162 e. The van der Waals surface area contributed by atoms with Gasteiger partial charge in [0.05, 0.1) is 22.4 Å². The Bertz CT molecular complexity index is 1370. The van der Waals surface area contributed by atoms with Crippen LogP contribution in [0.25, 0.3) is 27.7 Å². The SMILES string of the molecule is CCCCc1nnc2n1-c1c(cc(F)c(-c3cc(F)cc4c(I)c[nH]c34)c1C)NC2(C)C. The molecule has 3 heterocycles. The molecular weight excluding hydrogens is 523 g/mol. The van der Waals surface area contributed by atoms with Crippen LogP contribution in [0.5, 0.6) is 0 Å². The predicted octanol–water partition coefficient (Wildman–Crippen LogP) is 6.61. The number of aryl methyl sites for hydroxylation is 1. The molecule has 0 fully saturated rings. The molecule has 2 N–H and O–H groups in total. The number of unbranched alkanes of at least 4 members (excludes halogenated alkanes) is 1.